The SMILES string of the molecule is C/C(=C\C(=O)OCCCCCCCC(=O)Nc1c2sscc-2[nH]c1=O)[C@@H](O)[C@@H]1OC[C@H](C/C=C/C(C)[C@H](C)O)[C@@H](O)[C@H]1O. The number of unbranched alkanes of at least 4 members (excludes halogenated alkanes) is 4. The number of aromatic amines is 1. The Morgan fingerprint density at radius 3 is 2.63 bits per heavy atom. The highest BCUT2D eigenvalue weighted by atomic mass is 32.9. The number of hydrogen-bond donors (Lipinski definition) is 6. The van der Waals surface area contributed by atoms with Gasteiger partial charge in [0.15, 0.2) is 0 Å². The molecule has 0 aromatic carbocycles. The van der Waals surface area contributed by atoms with Gasteiger partial charge in [-0.05, 0) is 44.6 Å². The molecule has 3 rings (SSSR count). The molecular formula is C30H44N2O9S2. The van der Waals surface area contributed by atoms with E-state index in [0.29, 0.717) is 31.4 Å². The van der Waals surface area contributed by atoms with Crippen molar-refractivity contribution >= 4 is 38.2 Å². The number of nitrogens with one attached hydrogen (secondary N) is 2. The Hall–Kier alpha value is -2.39. The van der Waals surface area contributed by atoms with Gasteiger partial charge in [0.1, 0.15) is 24.0 Å². The van der Waals surface area contributed by atoms with Crippen molar-refractivity contribution in [1.29, 1.82) is 0 Å². The van der Waals surface area contributed by atoms with E-state index in [-0.39, 0.29) is 42.1 Å². The molecule has 240 valence electrons. The second-order valence-corrected chi connectivity index (χ2v) is 13.3. The fourth-order valence-corrected chi connectivity index (χ4v) is 6.93. The van der Waals surface area contributed by atoms with Crippen LogP contribution in [0.25, 0.3) is 10.6 Å². The van der Waals surface area contributed by atoms with Gasteiger partial charge in [-0.1, -0.05) is 59.0 Å². The zero-order valence-electron chi connectivity index (χ0n) is 24.9. The number of fused-ring (bicyclic) bond motifs is 1. The Morgan fingerprint density at radius 1 is 1.16 bits per heavy atom. The minimum Gasteiger partial charge on any atom is -0.463 e. The highest BCUT2D eigenvalue weighted by Gasteiger charge is 2.41. The van der Waals surface area contributed by atoms with Crippen molar-refractivity contribution in [2.45, 2.75) is 96.2 Å². The van der Waals surface area contributed by atoms with Crippen LogP contribution in [-0.2, 0) is 19.1 Å². The topological polar surface area (TPSA) is 178 Å². The standard InChI is InChI=1S/C30H44N2O9S2/c1-17(19(3)33)10-9-11-20-15-41-28(27(38)26(20)37)25(36)18(2)14-23(35)40-13-8-6-4-5-7-12-22(34)32-24-29-21(16-42-43-29)31-30(24)39/h9-10,14,16-17,19-20,25-28,33,36-38H,4-8,11-13,15H2,1-3H3,(H,31,39)(H,32,34)/b10-9+,18-14+/t17?,19-,20-,25+,26+,27+,28-/m0/s1. The number of aliphatic hydroxyl groups excluding tert-OH is 4. The second kappa shape index (κ2) is 17.2. The molecule has 0 bridgehead atoms. The van der Waals surface area contributed by atoms with E-state index in [0.717, 1.165) is 29.8 Å². The molecule has 11 nitrogen and oxygen atoms in total. The Kier molecular flexibility index (Phi) is 14.0. The van der Waals surface area contributed by atoms with Gasteiger partial charge in [-0.25, -0.2) is 4.79 Å². The molecule has 7 atom stereocenters. The van der Waals surface area contributed by atoms with Crippen molar-refractivity contribution in [3.05, 3.63) is 39.5 Å². The minimum absolute atomic E-state index is 0.0386. The van der Waals surface area contributed by atoms with Gasteiger partial charge in [0.05, 0.1) is 36.0 Å². The van der Waals surface area contributed by atoms with Crippen LogP contribution in [0.1, 0.15) is 65.7 Å². The summed E-state index contributed by atoms with van der Waals surface area (Å²) in [5, 5.41) is 45.9. The van der Waals surface area contributed by atoms with E-state index in [1.54, 1.807) is 6.92 Å². The molecule has 0 aromatic heterocycles. The van der Waals surface area contributed by atoms with Gasteiger partial charge in [0.2, 0.25) is 5.91 Å². The highest BCUT2D eigenvalue weighted by Crippen LogP contribution is 2.35. The van der Waals surface area contributed by atoms with Crippen LogP contribution in [0, 0.1) is 11.8 Å². The summed E-state index contributed by atoms with van der Waals surface area (Å²) in [6, 6.07) is 0. The summed E-state index contributed by atoms with van der Waals surface area (Å²) in [7, 11) is 2.94. The third-order valence-electron chi connectivity index (χ3n) is 7.74. The maximum Gasteiger partial charge on any atom is 0.330 e. The molecule has 0 radical (unpaired) electrons. The molecule has 6 N–H and O–H groups in total. The van der Waals surface area contributed by atoms with Crippen LogP contribution in [0.3, 0.4) is 0 Å². The summed E-state index contributed by atoms with van der Waals surface area (Å²) < 4.78 is 10.9. The lowest BCUT2D eigenvalue weighted by atomic mass is 9.86. The van der Waals surface area contributed by atoms with Crippen molar-refractivity contribution in [2.75, 3.05) is 18.5 Å². The van der Waals surface area contributed by atoms with Crippen LogP contribution in [-0.4, -0.2) is 81.0 Å². The van der Waals surface area contributed by atoms with Gasteiger partial charge in [-0.3, -0.25) is 9.59 Å². The Morgan fingerprint density at radius 2 is 1.88 bits per heavy atom. The lowest BCUT2D eigenvalue weighted by molar-refractivity contribution is -0.187. The number of aliphatic hydroxyl groups is 4. The quantitative estimate of drug-likeness (QED) is 0.0527. The molecule has 0 spiro atoms. The first-order chi connectivity index (χ1) is 20.5. The first kappa shape index (κ1) is 35.1. The summed E-state index contributed by atoms with van der Waals surface area (Å²) in [6.45, 7) is 5.45. The number of amides is 1. The molecule has 0 aliphatic carbocycles. The molecule has 1 unspecified atom stereocenters. The monoisotopic (exact) mass is 640 g/mol. The zero-order chi connectivity index (χ0) is 31.5. The van der Waals surface area contributed by atoms with Crippen LogP contribution in [0.2, 0.25) is 0 Å². The van der Waals surface area contributed by atoms with Gasteiger partial charge in [-0.2, -0.15) is 0 Å². The highest BCUT2D eigenvalue weighted by molar-refractivity contribution is 7.70. The van der Waals surface area contributed by atoms with E-state index >= 15 is 0 Å². The number of carbonyl (C=O) groups excluding carboxylic acids is 2. The minimum atomic E-state index is -1.34. The van der Waals surface area contributed by atoms with Crippen LogP contribution in [0.5, 0.6) is 0 Å². The van der Waals surface area contributed by atoms with Crippen molar-refractivity contribution in [1.82, 2.24) is 4.98 Å². The third kappa shape index (κ3) is 10.3. The molecular weight excluding hydrogens is 596 g/mol. The van der Waals surface area contributed by atoms with Crippen LogP contribution < -0.4 is 10.9 Å². The van der Waals surface area contributed by atoms with Crippen LogP contribution >= 0.6 is 20.7 Å². The molecule has 1 amide bonds. The molecule has 3 aliphatic heterocycles. The zero-order valence-corrected chi connectivity index (χ0v) is 26.5. The number of rotatable bonds is 16. The summed E-state index contributed by atoms with van der Waals surface area (Å²) in [5.74, 6) is -1.21. The van der Waals surface area contributed by atoms with Gasteiger partial charge in [0.25, 0.3) is 5.56 Å². The van der Waals surface area contributed by atoms with E-state index in [1.807, 2.05) is 24.5 Å². The third-order valence-corrected chi connectivity index (χ3v) is 9.83. The number of esters is 1. The van der Waals surface area contributed by atoms with Crippen molar-refractivity contribution in [3.63, 3.8) is 0 Å². The number of hydrogen-bond acceptors (Lipinski definition) is 11. The predicted octanol–water partition coefficient (Wildman–Crippen LogP) is 3.43. The lowest BCUT2D eigenvalue weighted by Crippen LogP contribution is -2.54. The molecule has 43 heavy (non-hydrogen) atoms. The van der Waals surface area contributed by atoms with E-state index < -0.39 is 36.5 Å². The van der Waals surface area contributed by atoms with E-state index in [9.17, 15) is 34.8 Å². The van der Waals surface area contributed by atoms with Crippen molar-refractivity contribution in [3.8, 4) is 10.6 Å². The molecule has 3 heterocycles. The molecule has 0 saturated carbocycles. The number of anilines is 1. The maximum absolute atomic E-state index is 12.2. The Labute approximate surface area is 259 Å². The number of aromatic nitrogens is 1. The normalized spacial score (nSPS) is 23.4. The summed E-state index contributed by atoms with van der Waals surface area (Å²) in [4.78, 5) is 39.9. The van der Waals surface area contributed by atoms with Gasteiger partial charge < -0.3 is 40.2 Å². The predicted molar refractivity (Wildman–Crippen MR) is 166 cm³/mol. The summed E-state index contributed by atoms with van der Waals surface area (Å²) in [5.41, 5.74) is 1.04. The van der Waals surface area contributed by atoms with E-state index in [2.05, 4.69) is 10.3 Å². The fraction of sp³-hybridized carbons (Fsp3) is 0.633. The second-order valence-electron chi connectivity index (χ2n) is 11.2. The van der Waals surface area contributed by atoms with Gasteiger partial charge >= 0.3 is 5.97 Å². The number of allylic oxidation sites excluding steroid dienone is 1. The van der Waals surface area contributed by atoms with E-state index in [4.69, 9.17) is 9.47 Å². The number of H-pyrrole nitrogens is 1. The smallest absolute Gasteiger partial charge is 0.330 e. The van der Waals surface area contributed by atoms with Gasteiger partial charge in [-0.15, -0.1) is 0 Å². The lowest BCUT2D eigenvalue weighted by Gasteiger charge is -2.39. The molecule has 1 fully saturated rings. The molecule has 3 aliphatic rings. The summed E-state index contributed by atoms with van der Waals surface area (Å²) >= 11 is 0. The van der Waals surface area contributed by atoms with Gasteiger partial charge in [0, 0.05) is 23.8 Å². The van der Waals surface area contributed by atoms with Crippen LogP contribution in [0.4, 0.5) is 5.69 Å². The maximum atomic E-state index is 12.2. The average Bonchev–Trinajstić information content (AvgIpc) is 3.53. The Bertz CT molecular complexity index is 1250. The van der Waals surface area contributed by atoms with E-state index in [1.165, 1.54) is 33.7 Å². The Balaban J connectivity index is 1.28. The summed E-state index contributed by atoms with van der Waals surface area (Å²) in [6.07, 6.45) is 4.15. The number of ether oxygens (including phenoxy) is 2. The largest absolute Gasteiger partial charge is 0.463 e. The fourth-order valence-electron chi connectivity index (χ4n) is 4.77. The number of carbonyl (C=O) groups is 2. The van der Waals surface area contributed by atoms with Crippen LogP contribution in [0.15, 0.2) is 34.0 Å². The molecule has 0 aromatic rings. The molecule has 1 saturated heterocycles. The average molecular weight is 641 g/mol. The molecule has 13 heteroatoms. The first-order valence-electron chi connectivity index (χ1n) is 14.7. The first-order valence-corrected chi connectivity index (χ1v) is 17.0. The van der Waals surface area contributed by atoms with Crippen molar-refractivity contribution < 1.29 is 39.5 Å². The van der Waals surface area contributed by atoms with Crippen molar-refractivity contribution in [2.24, 2.45) is 11.8 Å².